The number of nitrogens with zero attached hydrogens (tertiary/aromatic N) is 3. The van der Waals surface area contributed by atoms with Crippen LogP contribution in [0.3, 0.4) is 0 Å². The molecule has 3 aromatic carbocycles. The standard InChI is InChI=1S/C27H20FN5O2S/c1-17-15-23-24(32-33(31-23)20-9-7-19(28)8-10-20)16-22(17)29-27(36)30-26(34)14-12-21-11-13-25(35-21)18-5-3-2-4-6-18/h2-16H,1H3,(H2,29,30,34,36)/b14-12+. The average Bonchev–Trinajstić information content (AvgIpc) is 3.51. The summed E-state index contributed by atoms with van der Waals surface area (Å²) < 4.78 is 19.0. The third-order valence-corrected chi connectivity index (χ3v) is 5.56. The molecule has 2 N–H and O–H groups in total. The Morgan fingerprint density at radius 2 is 1.72 bits per heavy atom. The molecule has 0 unspecified atom stereocenters. The molecular formula is C27H20FN5O2S. The molecule has 0 aliphatic carbocycles. The number of aromatic nitrogens is 3. The molecule has 2 heterocycles. The largest absolute Gasteiger partial charge is 0.457 e. The van der Waals surface area contributed by atoms with E-state index in [4.69, 9.17) is 16.6 Å². The summed E-state index contributed by atoms with van der Waals surface area (Å²) in [6.07, 6.45) is 2.93. The number of benzene rings is 3. The van der Waals surface area contributed by atoms with Crippen molar-refractivity contribution in [2.24, 2.45) is 0 Å². The number of thiocarbonyl (C=S) groups is 1. The van der Waals surface area contributed by atoms with Gasteiger partial charge in [-0.25, -0.2) is 4.39 Å². The van der Waals surface area contributed by atoms with Gasteiger partial charge in [-0.05, 0) is 79.3 Å². The number of carbonyl (C=O) groups is 1. The van der Waals surface area contributed by atoms with Crippen molar-refractivity contribution in [3.05, 3.63) is 102 Å². The molecule has 2 aromatic heterocycles. The van der Waals surface area contributed by atoms with E-state index >= 15 is 0 Å². The van der Waals surface area contributed by atoms with Gasteiger partial charge < -0.3 is 9.73 Å². The van der Waals surface area contributed by atoms with Gasteiger partial charge in [-0.15, -0.1) is 10.2 Å². The maximum absolute atomic E-state index is 13.2. The van der Waals surface area contributed by atoms with Gasteiger partial charge in [0.15, 0.2) is 5.11 Å². The second kappa shape index (κ2) is 9.93. The van der Waals surface area contributed by atoms with Gasteiger partial charge in [0.2, 0.25) is 5.91 Å². The highest BCUT2D eigenvalue weighted by molar-refractivity contribution is 7.80. The number of halogens is 1. The first-order chi connectivity index (χ1) is 17.4. The summed E-state index contributed by atoms with van der Waals surface area (Å²) in [5.41, 5.74) is 4.44. The average molecular weight is 498 g/mol. The predicted molar refractivity (Wildman–Crippen MR) is 141 cm³/mol. The first kappa shape index (κ1) is 23.1. The number of rotatable bonds is 5. The lowest BCUT2D eigenvalue weighted by molar-refractivity contribution is -0.115. The Hall–Kier alpha value is -4.63. The summed E-state index contributed by atoms with van der Waals surface area (Å²) in [6, 6.07) is 22.9. The minimum atomic E-state index is -0.397. The second-order valence-corrected chi connectivity index (χ2v) is 8.37. The van der Waals surface area contributed by atoms with Crippen molar-refractivity contribution in [3.63, 3.8) is 0 Å². The molecule has 7 nitrogen and oxygen atoms in total. The van der Waals surface area contributed by atoms with Gasteiger partial charge in [0.25, 0.3) is 0 Å². The summed E-state index contributed by atoms with van der Waals surface area (Å²) in [5, 5.41) is 14.7. The highest BCUT2D eigenvalue weighted by atomic mass is 32.1. The Kier molecular flexibility index (Phi) is 6.38. The van der Waals surface area contributed by atoms with E-state index in [9.17, 15) is 9.18 Å². The van der Waals surface area contributed by atoms with Gasteiger partial charge in [-0.3, -0.25) is 10.1 Å². The molecule has 0 saturated carbocycles. The number of fused-ring (bicyclic) bond motifs is 1. The van der Waals surface area contributed by atoms with E-state index in [1.165, 1.54) is 23.0 Å². The molecule has 0 aliphatic rings. The minimum absolute atomic E-state index is 0.141. The molecule has 0 saturated heterocycles. The smallest absolute Gasteiger partial charge is 0.250 e. The van der Waals surface area contributed by atoms with Crippen LogP contribution in [0.1, 0.15) is 11.3 Å². The number of anilines is 1. The molecule has 0 aliphatic heterocycles. The lowest BCUT2D eigenvalue weighted by atomic mass is 10.2. The fourth-order valence-electron chi connectivity index (χ4n) is 3.56. The zero-order valence-corrected chi connectivity index (χ0v) is 19.9. The molecular weight excluding hydrogens is 477 g/mol. The molecule has 36 heavy (non-hydrogen) atoms. The fraction of sp³-hybridized carbons (Fsp3) is 0.0370. The molecule has 0 spiro atoms. The van der Waals surface area contributed by atoms with Crippen LogP contribution < -0.4 is 10.6 Å². The first-order valence-electron chi connectivity index (χ1n) is 11.0. The van der Waals surface area contributed by atoms with Crippen molar-refractivity contribution >= 4 is 46.0 Å². The van der Waals surface area contributed by atoms with Crippen LogP contribution in [0.15, 0.2) is 89.4 Å². The van der Waals surface area contributed by atoms with Crippen LogP contribution in [0.4, 0.5) is 10.1 Å². The quantitative estimate of drug-likeness (QED) is 0.241. The zero-order chi connectivity index (χ0) is 25.1. The van der Waals surface area contributed by atoms with E-state index in [0.29, 0.717) is 28.2 Å². The zero-order valence-electron chi connectivity index (χ0n) is 19.1. The molecule has 0 radical (unpaired) electrons. The van der Waals surface area contributed by atoms with Gasteiger partial charge in [0.05, 0.1) is 5.69 Å². The molecule has 0 bridgehead atoms. The highest BCUT2D eigenvalue weighted by Crippen LogP contribution is 2.23. The summed E-state index contributed by atoms with van der Waals surface area (Å²) >= 11 is 5.31. The number of carbonyl (C=O) groups excluding carboxylic acids is 1. The molecule has 5 aromatic rings. The van der Waals surface area contributed by atoms with E-state index in [0.717, 1.165) is 16.9 Å². The van der Waals surface area contributed by atoms with Crippen LogP contribution in [-0.2, 0) is 4.79 Å². The van der Waals surface area contributed by atoms with Gasteiger partial charge in [0.1, 0.15) is 28.4 Å². The summed E-state index contributed by atoms with van der Waals surface area (Å²) in [5.74, 6) is 0.541. The van der Waals surface area contributed by atoms with Gasteiger partial charge >= 0.3 is 0 Å². The van der Waals surface area contributed by atoms with Crippen LogP contribution >= 0.6 is 12.2 Å². The Morgan fingerprint density at radius 3 is 2.47 bits per heavy atom. The molecule has 178 valence electrons. The topological polar surface area (TPSA) is 85.0 Å². The summed E-state index contributed by atoms with van der Waals surface area (Å²) in [6.45, 7) is 1.89. The van der Waals surface area contributed by atoms with Crippen LogP contribution in [0, 0.1) is 12.7 Å². The monoisotopic (exact) mass is 497 g/mol. The van der Waals surface area contributed by atoms with Crippen molar-refractivity contribution in [2.75, 3.05) is 5.32 Å². The normalized spacial score (nSPS) is 11.2. The lowest BCUT2D eigenvalue weighted by Gasteiger charge is -2.10. The lowest BCUT2D eigenvalue weighted by Crippen LogP contribution is -2.33. The van der Waals surface area contributed by atoms with Crippen LogP contribution in [-0.4, -0.2) is 26.0 Å². The predicted octanol–water partition coefficient (Wildman–Crippen LogP) is 5.65. The van der Waals surface area contributed by atoms with Crippen LogP contribution in [0.5, 0.6) is 0 Å². The number of amides is 1. The molecule has 0 fully saturated rings. The van der Waals surface area contributed by atoms with Crippen molar-refractivity contribution in [3.8, 4) is 17.0 Å². The van der Waals surface area contributed by atoms with Crippen LogP contribution in [0.25, 0.3) is 34.1 Å². The second-order valence-electron chi connectivity index (χ2n) is 7.97. The molecule has 0 atom stereocenters. The first-order valence-corrected chi connectivity index (χ1v) is 11.4. The van der Waals surface area contributed by atoms with Gasteiger partial charge in [-0.2, -0.15) is 4.80 Å². The Balaban J connectivity index is 1.23. The van der Waals surface area contributed by atoms with Crippen LogP contribution in [0.2, 0.25) is 0 Å². The highest BCUT2D eigenvalue weighted by Gasteiger charge is 2.11. The van der Waals surface area contributed by atoms with Gasteiger partial charge in [-0.1, -0.05) is 30.3 Å². The maximum Gasteiger partial charge on any atom is 0.250 e. The molecule has 5 rings (SSSR count). The SMILES string of the molecule is Cc1cc2nn(-c3ccc(F)cc3)nc2cc1NC(=S)NC(=O)/C=C/c1ccc(-c2ccccc2)o1. The fourth-order valence-corrected chi connectivity index (χ4v) is 3.77. The number of furan rings is 1. The van der Waals surface area contributed by atoms with E-state index in [1.54, 1.807) is 30.3 Å². The van der Waals surface area contributed by atoms with E-state index in [2.05, 4.69) is 20.8 Å². The Labute approximate surface area is 211 Å². The minimum Gasteiger partial charge on any atom is -0.457 e. The van der Waals surface area contributed by atoms with E-state index in [1.807, 2.05) is 49.4 Å². The van der Waals surface area contributed by atoms with E-state index in [-0.39, 0.29) is 10.9 Å². The number of nitrogens with one attached hydrogen (secondary N) is 2. The Morgan fingerprint density at radius 1 is 1.00 bits per heavy atom. The van der Waals surface area contributed by atoms with Crippen molar-refractivity contribution in [2.45, 2.75) is 6.92 Å². The van der Waals surface area contributed by atoms with Crippen molar-refractivity contribution in [1.29, 1.82) is 0 Å². The van der Waals surface area contributed by atoms with Gasteiger partial charge in [0, 0.05) is 17.3 Å². The molecule has 9 heteroatoms. The Bertz CT molecular complexity index is 1590. The van der Waals surface area contributed by atoms with Crippen molar-refractivity contribution < 1.29 is 13.6 Å². The van der Waals surface area contributed by atoms with Crippen molar-refractivity contribution in [1.82, 2.24) is 20.3 Å². The summed E-state index contributed by atoms with van der Waals surface area (Å²) in [4.78, 5) is 13.8. The number of aryl methyl sites for hydroxylation is 1. The third-order valence-electron chi connectivity index (χ3n) is 5.35. The number of hydrogen-bond donors (Lipinski definition) is 2. The maximum atomic E-state index is 13.2. The number of hydrogen-bond acceptors (Lipinski definition) is 5. The molecule has 1 amide bonds. The third kappa shape index (κ3) is 5.21. The summed E-state index contributed by atoms with van der Waals surface area (Å²) in [7, 11) is 0. The van der Waals surface area contributed by atoms with E-state index < -0.39 is 5.91 Å².